The average molecular weight is 284 g/mol. The molecule has 5 heteroatoms. The second-order valence-corrected chi connectivity index (χ2v) is 4.92. The maximum absolute atomic E-state index is 12.3. The van der Waals surface area contributed by atoms with Crippen LogP contribution >= 0.6 is 0 Å². The Hall–Kier alpha value is -2.40. The van der Waals surface area contributed by atoms with Gasteiger partial charge in [-0.2, -0.15) is 0 Å². The van der Waals surface area contributed by atoms with Crippen LogP contribution in [0.4, 0.5) is 0 Å². The molecule has 1 aromatic carbocycles. The van der Waals surface area contributed by atoms with E-state index in [9.17, 15) is 4.79 Å². The smallest absolute Gasteiger partial charge is 0.272 e. The van der Waals surface area contributed by atoms with Gasteiger partial charge in [-0.25, -0.2) is 0 Å². The minimum Gasteiger partial charge on any atom is -0.457 e. The summed E-state index contributed by atoms with van der Waals surface area (Å²) in [5.74, 6) is 1.11. The number of aliphatic hydroxyl groups excluding tert-OH is 1. The van der Waals surface area contributed by atoms with E-state index in [0.29, 0.717) is 23.7 Å². The molecule has 1 atom stereocenters. The van der Waals surface area contributed by atoms with Gasteiger partial charge >= 0.3 is 0 Å². The predicted molar refractivity (Wildman–Crippen MR) is 77.3 cm³/mol. The van der Waals surface area contributed by atoms with Gasteiger partial charge in [0.05, 0.1) is 12.6 Å². The minimum atomic E-state index is -0.168. The fourth-order valence-corrected chi connectivity index (χ4v) is 2.26. The average Bonchev–Trinajstić information content (AvgIpc) is 2.48. The van der Waals surface area contributed by atoms with Crippen molar-refractivity contribution in [2.75, 3.05) is 13.2 Å². The topological polar surface area (TPSA) is 62.7 Å². The zero-order chi connectivity index (χ0) is 14.7. The van der Waals surface area contributed by atoms with Crippen LogP contribution in [-0.2, 0) is 0 Å². The summed E-state index contributed by atoms with van der Waals surface area (Å²) >= 11 is 0. The summed E-state index contributed by atoms with van der Waals surface area (Å²) in [6.07, 6.45) is 2.39. The maximum Gasteiger partial charge on any atom is 0.272 e. The van der Waals surface area contributed by atoms with Crippen LogP contribution in [-0.4, -0.2) is 40.1 Å². The van der Waals surface area contributed by atoms with E-state index < -0.39 is 0 Å². The zero-order valence-corrected chi connectivity index (χ0v) is 11.5. The summed E-state index contributed by atoms with van der Waals surface area (Å²) in [4.78, 5) is 18.0. The van der Waals surface area contributed by atoms with E-state index in [-0.39, 0.29) is 18.6 Å². The highest BCUT2D eigenvalue weighted by molar-refractivity contribution is 5.93. The van der Waals surface area contributed by atoms with E-state index in [1.54, 1.807) is 23.2 Å². The van der Waals surface area contributed by atoms with Crippen LogP contribution in [0.2, 0.25) is 0 Å². The number of aliphatic hydroxyl groups is 1. The normalized spacial score (nSPS) is 17.2. The molecule has 1 N–H and O–H groups in total. The van der Waals surface area contributed by atoms with E-state index >= 15 is 0 Å². The number of hydrogen-bond donors (Lipinski definition) is 1. The van der Waals surface area contributed by atoms with Gasteiger partial charge in [-0.15, -0.1) is 0 Å². The lowest BCUT2D eigenvalue weighted by Crippen LogP contribution is -2.53. The summed E-state index contributed by atoms with van der Waals surface area (Å²) in [6, 6.07) is 12.6. The third kappa shape index (κ3) is 2.87. The quantitative estimate of drug-likeness (QED) is 0.933. The molecule has 0 bridgehead atoms. The van der Waals surface area contributed by atoms with Crippen molar-refractivity contribution in [3.63, 3.8) is 0 Å². The van der Waals surface area contributed by atoms with Crippen LogP contribution in [0.3, 0.4) is 0 Å². The number of nitrogens with zero attached hydrogens (tertiary/aromatic N) is 2. The molecule has 1 fully saturated rings. The first-order valence-electron chi connectivity index (χ1n) is 6.88. The number of carbonyl (C=O) groups is 1. The number of likely N-dealkylation sites (tertiary alicyclic amines) is 1. The van der Waals surface area contributed by atoms with Crippen LogP contribution in [0.5, 0.6) is 11.5 Å². The first kappa shape index (κ1) is 13.6. The second-order valence-electron chi connectivity index (χ2n) is 4.92. The Morgan fingerprint density at radius 2 is 2.10 bits per heavy atom. The second kappa shape index (κ2) is 5.93. The van der Waals surface area contributed by atoms with Crippen molar-refractivity contribution in [2.24, 2.45) is 0 Å². The van der Waals surface area contributed by atoms with Gasteiger partial charge in [0.25, 0.3) is 5.91 Å². The van der Waals surface area contributed by atoms with Gasteiger partial charge in [0.15, 0.2) is 0 Å². The van der Waals surface area contributed by atoms with Crippen molar-refractivity contribution in [2.45, 2.75) is 12.5 Å². The van der Waals surface area contributed by atoms with Crippen molar-refractivity contribution in [3.8, 4) is 11.5 Å². The largest absolute Gasteiger partial charge is 0.457 e. The van der Waals surface area contributed by atoms with Crippen LogP contribution in [0.1, 0.15) is 16.9 Å². The molecule has 1 aliphatic rings. The minimum absolute atomic E-state index is 0.00799. The van der Waals surface area contributed by atoms with Crippen molar-refractivity contribution < 1.29 is 14.6 Å². The highest BCUT2D eigenvalue weighted by Gasteiger charge is 2.32. The molecule has 1 amide bonds. The number of rotatable bonds is 4. The molecule has 2 aromatic rings. The molecule has 3 rings (SSSR count). The van der Waals surface area contributed by atoms with Crippen molar-refractivity contribution in [1.29, 1.82) is 0 Å². The summed E-state index contributed by atoms with van der Waals surface area (Å²) in [5.41, 5.74) is 0.335. The number of pyridine rings is 1. The van der Waals surface area contributed by atoms with Gasteiger partial charge in [0.2, 0.25) is 0 Å². The molecular weight excluding hydrogens is 268 g/mol. The molecule has 1 aromatic heterocycles. The summed E-state index contributed by atoms with van der Waals surface area (Å²) in [7, 11) is 0. The molecule has 0 radical (unpaired) electrons. The molecule has 21 heavy (non-hydrogen) atoms. The first-order valence-corrected chi connectivity index (χ1v) is 6.88. The monoisotopic (exact) mass is 284 g/mol. The Bertz CT molecular complexity index is 628. The lowest BCUT2D eigenvalue weighted by molar-refractivity contribution is 0.0290. The Morgan fingerprint density at radius 3 is 2.76 bits per heavy atom. The highest BCUT2D eigenvalue weighted by atomic mass is 16.5. The number of amides is 1. The Balaban J connectivity index is 1.75. The fourth-order valence-electron chi connectivity index (χ4n) is 2.26. The number of para-hydroxylation sites is 1. The number of carbonyl (C=O) groups excluding carboxylic acids is 1. The van der Waals surface area contributed by atoms with Gasteiger partial charge < -0.3 is 14.7 Å². The van der Waals surface area contributed by atoms with Crippen molar-refractivity contribution in [1.82, 2.24) is 9.88 Å². The third-order valence-electron chi connectivity index (χ3n) is 3.55. The Morgan fingerprint density at radius 1 is 1.29 bits per heavy atom. The number of aromatic nitrogens is 1. The molecule has 2 heterocycles. The van der Waals surface area contributed by atoms with Crippen molar-refractivity contribution in [3.05, 3.63) is 54.4 Å². The van der Waals surface area contributed by atoms with Gasteiger partial charge in [0.1, 0.15) is 17.2 Å². The maximum atomic E-state index is 12.3. The molecule has 0 spiro atoms. The number of benzene rings is 1. The van der Waals surface area contributed by atoms with E-state index in [2.05, 4.69) is 4.98 Å². The summed E-state index contributed by atoms with van der Waals surface area (Å²) in [6.45, 7) is 0.654. The van der Waals surface area contributed by atoms with Gasteiger partial charge in [-0.1, -0.05) is 18.2 Å². The van der Waals surface area contributed by atoms with E-state index in [4.69, 9.17) is 9.84 Å². The summed E-state index contributed by atoms with van der Waals surface area (Å²) < 4.78 is 5.69. The molecule has 0 aliphatic carbocycles. The van der Waals surface area contributed by atoms with Gasteiger partial charge in [-0.05, 0) is 24.6 Å². The van der Waals surface area contributed by atoms with Crippen LogP contribution < -0.4 is 4.74 Å². The van der Waals surface area contributed by atoms with E-state index in [0.717, 1.165) is 6.42 Å². The molecule has 1 unspecified atom stereocenters. The number of ether oxygens (including phenoxy) is 1. The molecule has 5 nitrogen and oxygen atoms in total. The molecule has 1 saturated heterocycles. The molecule has 108 valence electrons. The SMILES string of the molecule is O=C(c1cc(Oc2ccccc2)ccn1)N1CCC1CO. The zero-order valence-electron chi connectivity index (χ0n) is 11.5. The van der Waals surface area contributed by atoms with E-state index in [1.165, 1.54) is 0 Å². The predicted octanol–water partition coefficient (Wildman–Crippen LogP) is 2.08. The Kier molecular flexibility index (Phi) is 3.83. The van der Waals surface area contributed by atoms with Gasteiger partial charge in [-0.3, -0.25) is 9.78 Å². The molecular formula is C16H16N2O3. The Labute approximate surface area is 122 Å². The van der Waals surface area contributed by atoms with Crippen LogP contribution in [0.15, 0.2) is 48.7 Å². The first-order chi connectivity index (χ1) is 10.3. The molecule has 1 aliphatic heterocycles. The van der Waals surface area contributed by atoms with Crippen LogP contribution in [0, 0.1) is 0 Å². The lowest BCUT2D eigenvalue weighted by Gasteiger charge is -2.39. The molecule has 0 saturated carbocycles. The number of hydrogen-bond acceptors (Lipinski definition) is 4. The highest BCUT2D eigenvalue weighted by Crippen LogP contribution is 2.23. The lowest BCUT2D eigenvalue weighted by atomic mass is 10.0. The van der Waals surface area contributed by atoms with Crippen LogP contribution in [0.25, 0.3) is 0 Å². The summed E-state index contributed by atoms with van der Waals surface area (Å²) in [5, 5.41) is 9.16. The van der Waals surface area contributed by atoms with E-state index in [1.807, 2.05) is 30.3 Å². The fraction of sp³-hybridized carbons (Fsp3) is 0.250. The van der Waals surface area contributed by atoms with Crippen molar-refractivity contribution >= 4 is 5.91 Å². The standard InChI is InChI=1S/C16H16N2O3/c19-11-12-7-9-18(12)16(20)15-10-14(6-8-17-15)21-13-4-2-1-3-5-13/h1-6,8,10,12,19H,7,9,11H2. The van der Waals surface area contributed by atoms with Gasteiger partial charge in [0, 0.05) is 18.8 Å². The third-order valence-corrected chi connectivity index (χ3v) is 3.55.